The van der Waals surface area contributed by atoms with Crippen LogP contribution < -0.4 is 21.8 Å². The Morgan fingerprint density at radius 1 is 1.27 bits per heavy atom. The summed E-state index contributed by atoms with van der Waals surface area (Å²) in [5.74, 6) is 0.650. The maximum atomic E-state index is 5.36. The molecule has 5 nitrogen and oxygen atoms in total. The smallest absolute Gasteiger partial charge is 0.174 e. The Balaban J connectivity index is 1.95. The first-order chi connectivity index (χ1) is 7.18. The summed E-state index contributed by atoms with van der Waals surface area (Å²) in [5, 5.41) is 6.60. The molecular weight excluding hydrogens is 192 g/mol. The minimum atomic E-state index is -0.0952. The Morgan fingerprint density at radius 3 is 2.47 bits per heavy atom. The van der Waals surface area contributed by atoms with E-state index in [4.69, 9.17) is 10.6 Å². The molecule has 0 spiro atoms. The van der Waals surface area contributed by atoms with E-state index in [2.05, 4.69) is 30.0 Å². The van der Waals surface area contributed by atoms with Gasteiger partial charge in [-0.25, -0.2) is 0 Å². The maximum Gasteiger partial charge on any atom is 0.174 e. The molecule has 1 heterocycles. The van der Waals surface area contributed by atoms with Gasteiger partial charge in [-0.05, 0) is 12.3 Å². The van der Waals surface area contributed by atoms with Gasteiger partial charge in [-0.2, -0.15) is 5.48 Å². The second kappa shape index (κ2) is 6.40. The molecular formula is C10H24N4O. The molecule has 1 fully saturated rings. The van der Waals surface area contributed by atoms with E-state index in [0.717, 1.165) is 32.6 Å². The number of rotatable bonds is 9. The van der Waals surface area contributed by atoms with Gasteiger partial charge in [0.15, 0.2) is 5.72 Å². The van der Waals surface area contributed by atoms with Gasteiger partial charge in [0.25, 0.3) is 0 Å². The molecule has 5 N–H and O–H groups in total. The van der Waals surface area contributed by atoms with Gasteiger partial charge in [-0.15, -0.1) is 0 Å². The number of hydroxylamine groups is 1. The topological polar surface area (TPSA) is 84.5 Å². The average molecular weight is 216 g/mol. The standard InChI is InChI=1S/C10H24N4O/c1-9(2)7-10(14-15-10)8-13-6-5-12-4-3-11/h9,12-14H,3-8,11H2,1-2H3. The lowest BCUT2D eigenvalue weighted by Gasteiger charge is -2.13. The highest BCUT2D eigenvalue weighted by Crippen LogP contribution is 2.26. The summed E-state index contributed by atoms with van der Waals surface area (Å²) in [6.45, 7) is 8.76. The van der Waals surface area contributed by atoms with Crippen LogP contribution in [0.25, 0.3) is 0 Å². The Labute approximate surface area is 92.1 Å². The highest BCUT2D eigenvalue weighted by atomic mass is 16.8. The van der Waals surface area contributed by atoms with Gasteiger partial charge in [0.05, 0.1) is 0 Å². The largest absolute Gasteiger partial charge is 0.329 e. The van der Waals surface area contributed by atoms with Gasteiger partial charge in [0.2, 0.25) is 0 Å². The Bertz CT molecular complexity index is 171. The van der Waals surface area contributed by atoms with E-state index in [1.54, 1.807) is 0 Å². The fourth-order valence-electron chi connectivity index (χ4n) is 1.65. The van der Waals surface area contributed by atoms with E-state index >= 15 is 0 Å². The van der Waals surface area contributed by atoms with E-state index in [1.807, 2.05) is 0 Å². The third kappa shape index (κ3) is 5.44. The molecule has 1 rings (SSSR count). The molecule has 0 bridgehead atoms. The highest BCUT2D eigenvalue weighted by molar-refractivity contribution is 4.86. The van der Waals surface area contributed by atoms with E-state index in [0.29, 0.717) is 12.5 Å². The minimum Gasteiger partial charge on any atom is -0.329 e. The lowest BCUT2D eigenvalue weighted by atomic mass is 10.0. The van der Waals surface area contributed by atoms with Crippen LogP contribution in [0.1, 0.15) is 20.3 Å². The van der Waals surface area contributed by atoms with E-state index in [9.17, 15) is 0 Å². The molecule has 5 heteroatoms. The van der Waals surface area contributed by atoms with Crippen LogP contribution in [0.3, 0.4) is 0 Å². The monoisotopic (exact) mass is 216 g/mol. The van der Waals surface area contributed by atoms with Crippen molar-refractivity contribution < 1.29 is 4.84 Å². The molecule has 0 aromatic rings. The summed E-state index contributed by atoms with van der Waals surface area (Å²) in [7, 11) is 0. The third-order valence-electron chi connectivity index (χ3n) is 2.34. The Kier molecular flexibility index (Phi) is 5.49. The Morgan fingerprint density at radius 2 is 1.93 bits per heavy atom. The van der Waals surface area contributed by atoms with Gasteiger partial charge in [0, 0.05) is 32.7 Å². The van der Waals surface area contributed by atoms with E-state index < -0.39 is 0 Å². The first-order valence-electron chi connectivity index (χ1n) is 5.75. The molecule has 0 aliphatic carbocycles. The lowest BCUT2D eigenvalue weighted by Crippen LogP contribution is -2.37. The van der Waals surface area contributed by atoms with Crippen LogP contribution in [0.5, 0.6) is 0 Å². The van der Waals surface area contributed by atoms with Crippen LogP contribution in [-0.4, -0.2) is 38.4 Å². The molecule has 1 aliphatic heterocycles. The zero-order valence-electron chi connectivity index (χ0n) is 9.81. The second-order valence-corrected chi connectivity index (χ2v) is 4.51. The van der Waals surface area contributed by atoms with Crippen LogP contribution in [0.15, 0.2) is 0 Å². The van der Waals surface area contributed by atoms with Crippen LogP contribution in [0.2, 0.25) is 0 Å². The summed E-state index contributed by atoms with van der Waals surface area (Å²) in [6.07, 6.45) is 1.05. The fraction of sp³-hybridized carbons (Fsp3) is 1.00. The molecule has 15 heavy (non-hydrogen) atoms. The highest BCUT2D eigenvalue weighted by Gasteiger charge is 2.44. The minimum absolute atomic E-state index is 0.0952. The fourth-order valence-corrected chi connectivity index (χ4v) is 1.65. The maximum absolute atomic E-state index is 5.36. The SMILES string of the molecule is CC(C)CC1(CNCCNCCN)NO1. The number of nitrogens with one attached hydrogen (secondary N) is 3. The van der Waals surface area contributed by atoms with Crippen LogP contribution in [-0.2, 0) is 4.84 Å². The number of nitrogens with two attached hydrogens (primary N) is 1. The van der Waals surface area contributed by atoms with Gasteiger partial charge >= 0.3 is 0 Å². The first kappa shape index (κ1) is 12.9. The predicted molar refractivity (Wildman–Crippen MR) is 61.2 cm³/mol. The molecule has 0 aromatic carbocycles. The van der Waals surface area contributed by atoms with Crippen molar-refractivity contribution in [1.29, 1.82) is 0 Å². The summed E-state index contributed by atoms with van der Waals surface area (Å²) >= 11 is 0. The van der Waals surface area contributed by atoms with Crippen LogP contribution >= 0.6 is 0 Å². The molecule has 0 saturated carbocycles. The van der Waals surface area contributed by atoms with Gasteiger partial charge in [-0.1, -0.05) is 13.8 Å². The van der Waals surface area contributed by atoms with Crippen molar-refractivity contribution in [2.24, 2.45) is 11.7 Å². The summed E-state index contributed by atoms with van der Waals surface area (Å²) in [4.78, 5) is 5.28. The van der Waals surface area contributed by atoms with E-state index in [-0.39, 0.29) is 5.72 Å². The molecule has 1 aliphatic rings. The van der Waals surface area contributed by atoms with Crippen molar-refractivity contribution in [2.45, 2.75) is 26.0 Å². The van der Waals surface area contributed by atoms with Crippen LogP contribution in [0.4, 0.5) is 0 Å². The summed E-state index contributed by atoms with van der Waals surface area (Å²) in [5.41, 5.74) is 8.25. The van der Waals surface area contributed by atoms with Gasteiger partial charge in [-0.3, -0.25) is 4.84 Å². The predicted octanol–water partition coefficient (Wildman–Crippen LogP) is -0.598. The normalized spacial score (nSPS) is 24.8. The molecule has 0 radical (unpaired) electrons. The van der Waals surface area contributed by atoms with Crippen molar-refractivity contribution in [3.8, 4) is 0 Å². The van der Waals surface area contributed by atoms with Crippen molar-refractivity contribution in [3.05, 3.63) is 0 Å². The summed E-state index contributed by atoms with van der Waals surface area (Å²) in [6, 6.07) is 0. The first-order valence-corrected chi connectivity index (χ1v) is 5.75. The van der Waals surface area contributed by atoms with Crippen LogP contribution in [0, 0.1) is 5.92 Å². The zero-order valence-corrected chi connectivity index (χ0v) is 9.81. The van der Waals surface area contributed by atoms with Crippen molar-refractivity contribution in [1.82, 2.24) is 16.1 Å². The number of hydrogen-bond donors (Lipinski definition) is 4. The van der Waals surface area contributed by atoms with Crippen molar-refractivity contribution in [3.63, 3.8) is 0 Å². The van der Waals surface area contributed by atoms with E-state index in [1.165, 1.54) is 0 Å². The lowest BCUT2D eigenvalue weighted by molar-refractivity contribution is 0.250. The molecule has 1 saturated heterocycles. The van der Waals surface area contributed by atoms with Crippen molar-refractivity contribution in [2.75, 3.05) is 32.7 Å². The van der Waals surface area contributed by atoms with Gasteiger partial charge < -0.3 is 16.4 Å². The van der Waals surface area contributed by atoms with Gasteiger partial charge in [0.1, 0.15) is 0 Å². The van der Waals surface area contributed by atoms with Crippen molar-refractivity contribution >= 4 is 0 Å². The Hall–Kier alpha value is -0.200. The molecule has 90 valence electrons. The zero-order chi connectivity index (χ0) is 11.1. The number of hydrogen-bond acceptors (Lipinski definition) is 5. The molecule has 1 unspecified atom stereocenters. The average Bonchev–Trinajstić information content (AvgIpc) is 2.91. The second-order valence-electron chi connectivity index (χ2n) is 4.51. The molecule has 0 aromatic heterocycles. The molecule has 0 amide bonds. The molecule has 1 atom stereocenters. The third-order valence-corrected chi connectivity index (χ3v) is 2.34. The summed E-state index contributed by atoms with van der Waals surface area (Å²) < 4.78 is 0. The quantitative estimate of drug-likeness (QED) is 0.305.